The number of nitrogens with one attached hydrogen (secondary N) is 1. The van der Waals surface area contributed by atoms with Gasteiger partial charge in [-0.1, -0.05) is 42.8 Å². The van der Waals surface area contributed by atoms with Gasteiger partial charge in [0, 0.05) is 16.1 Å². The summed E-state index contributed by atoms with van der Waals surface area (Å²) in [7, 11) is 3.14. The van der Waals surface area contributed by atoms with E-state index in [0.29, 0.717) is 22.7 Å². The molecule has 0 heterocycles. The van der Waals surface area contributed by atoms with Gasteiger partial charge in [-0.25, -0.2) is 0 Å². The smallest absolute Gasteiger partial charge is 0.255 e. The van der Waals surface area contributed by atoms with Crippen molar-refractivity contribution >= 4 is 27.5 Å². The van der Waals surface area contributed by atoms with E-state index in [1.54, 1.807) is 32.4 Å². The predicted octanol–water partition coefficient (Wildman–Crippen LogP) is 5.02. The molecule has 0 aliphatic rings. The molecule has 5 heteroatoms. The number of anilines is 1. The van der Waals surface area contributed by atoms with E-state index in [4.69, 9.17) is 9.47 Å². The molecule has 0 bridgehead atoms. The second-order valence-electron chi connectivity index (χ2n) is 6.46. The van der Waals surface area contributed by atoms with Gasteiger partial charge in [-0.3, -0.25) is 4.79 Å². The molecule has 2 aromatic rings. The fraction of sp³-hybridized carbons (Fsp3) is 0.316. The van der Waals surface area contributed by atoms with Crippen LogP contribution in [0.3, 0.4) is 0 Å². The van der Waals surface area contributed by atoms with Gasteiger partial charge in [0.15, 0.2) is 0 Å². The minimum absolute atomic E-state index is 0.00383. The average Bonchev–Trinajstić information content (AvgIpc) is 2.53. The molecule has 0 aliphatic carbocycles. The van der Waals surface area contributed by atoms with Crippen molar-refractivity contribution in [2.45, 2.75) is 26.2 Å². The van der Waals surface area contributed by atoms with E-state index >= 15 is 0 Å². The van der Waals surface area contributed by atoms with E-state index in [0.717, 1.165) is 10.0 Å². The van der Waals surface area contributed by atoms with Gasteiger partial charge in [0.2, 0.25) is 0 Å². The Balaban J connectivity index is 2.29. The Bertz CT molecular complexity index is 751. The monoisotopic (exact) mass is 391 g/mol. The Labute approximate surface area is 151 Å². The van der Waals surface area contributed by atoms with Gasteiger partial charge in [0.25, 0.3) is 5.91 Å². The highest BCUT2D eigenvalue weighted by Crippen LogP contribution is 2.32. The first-order chi connectivity index (χ1) is 11.3. The largest absolute Gasteiger partial charge is 0.497 e. The maximum absolute atomic E-state index is 12.6. The van der Waals surface area contributed by atoms with Crippen LogP contribution >= 0.6 is 15.9 Å². The number of amides is 1. The summed E-state index contributed by atoms with van der Waals surface area (Å²) in [6.45, 7) is 6.40. The lowest BCUT2D eigenvalue weighted by atomic mass is 9.86. The van der Waals surface area contributed by atoms with Crippen molar-refractivity contribution in [1.29, 1.82) is 0 Å². The van der Waals surface area contributed by atoms with Crippen LogP contribution in [0, 0.1) is 0 Å². The Morgan fingerprint density at radius 1 is 1.04 bits per heavy atom. The quantitative estimate of drug-likeness (QED) is 0.795. The summed E-state index contributed by atoms with van der Waals surface area (Å²) in [6, 6.07) is 10.9. The zero-order valence-corrected chi connectivity index (χ0v) is 16.2. The lowest BCUT2D eigenvalue weighted by Crippen LogP contribution is -2.15. The molecule has 2 aromatic carbocycles. The summed E-state index contributed by atoms with van der Waals surface area (Å²) < 4.78 is 11.4. The van der Waals surface area contributed by atoms with Crippen LogP contribution in [0.4, 0.5) is 5.69 Å². The number of hydrogen-bond acceptors (Lipinski definition) is 3. The van der Waals surface area contributed by atoms with Gasteiger partial charge in [-0.15, -0.1) is 0 Å². The molecule has 0 atom stereocenters. The second kappa shape index (κ2) is 7.26. The molecule has 0 unspecified atom stereocenters. The van der Waals surface area contributed by atoms with Crippen LogP contribution in [0.5, 0.6) is 11.5 Å². The SMILES string of the molecule is COc1ccc(OC)c(NC(=O)c2ccc(C(C)(C)C)c(Br)c2)c1. The first kappa shape index (κ1) is 18.3. The van der Waals surface area contributed by atoms with Crippen molar-refractivity contribution in [2.75, 3.05) is 19.5 Å². The van der Waals surface area contributed by atoms with Crippen molar-refractivity contribution in [3.8, 4) is 11.5 Å². The topological polar surface area (TPSA) is 47.6 Å². The molecule has 0 fully saturated rings. The molecular formula is C19H22BrNO3. The summed E-state index contributed by atoms with van der Waals surface area (Å²) in [4.78, 5) is 12.6. The third-order valence-electron chi connectivity index (χ3n) is 3.69. The lowest BCUT2D eigenvalue weighted by Gasteiger charge is -2.21. The van der Waals surface area contributed by atoms with Crippen molar-refractivity contribution in [1.82, 2.24) is 0 Å². The zero-order valence-electron chi connectivity index (χ0n) is 14.6. The highest BCUT2D eigenvalue weighted by atomic mass is 79.9. The minimum atomic E-state index is -0.206. The normalized spacial score (nSPS) is 11.1. The molecule has 0 aromatic heterocycles. The Morgan fingerprint density at radius 3 is 2.29 bits per heavy atom. The van der Waals surface area contributed by atoms with Gasteiger partial charge in [0.05, 0.1) is 19.9 Å². The highest BCUT2D eigenvalue weighted by molar-refractivity contribution is 9.10. The number of benzene rings is 2. The number of carbonyl (C=O) groups is 1. The molecule has 128 valence electrons. The standard InChI is InChI=1S/C19H22BrNO3/c1-19(2,3)14-8-6-12(10-15(14)20)18(22)21-16-11-13(23-4)7-9-17(16)24-5/h6-11H,1-5H3,(H,21,22). The van der Waals surface area contributed by atoms with Crippen LogP contribution < -0.4 is 14.8 Å². The van der Waals surface area contributed by atoms with E-state index in [2.05, 4.69) is 42.0 Å². The van der Waals surface area contributed by atoms with Crippen molar-refractivity contribution in [3.05, 3.63) is 52.0 Å². The van der Waals surface area contributed by atoms with Crippen LogP contribution in [0.1, 0.15) is 36.7 Å². The first-order valence-corrected chi connectivity index (χ1v) is 8.39. The van der Waals surface area contributed by atoms with Gasteiger partial charge in [-0.2, -0.15) is 0 Å². The molecular weight excluding hydrogens is 370 g/mol. The van der Waals surface area contributed by atoms with Gasteiger partial charge in [-0.05, 0) is 35.2 Å². The molecule has 0 saturated carbocycles. The molecule has 0 radical (unpaired) electrons. The number of methoxy groups -OCH3 is 2. The third kappa shape index (κ3) is 4.09. The molecule has 0 saturated heterocycles. The number of hydrogen-bond donors (Lipinski definition) is 1. The van der Waals surface area contributed by atoms with Crippen molar-refractivity contribution in [2.24, 2.45) is 0 Å². The Hall–Kier alpha value is -2.01. The van der Waals surface area contributed by atoms with Crippen LogP contribution in [0.2, 0.25) is 0 Å². The van der Waals surface area contributed by atoms with Gasteiger partial charge >= 0.3 is 0 Å². The minimum Gasteiger partial charge on any atom is -0.497 e. The van der Waals surface area contributed by atoms with Crippen LogP contribution in [-0.4, -0.2) is 20.1 Å². The Kier molecular flexibility index (Phi) is 5.54. The second-order valence-corrected chi connectivity index (χ2v) is 7.32. The van der Waals surface area contributed by atoms with Crippen LogP contribution in [0.15, 0.2) is 40.9 Å². The molecule has 4 nitrogen and oxygen atoms in total. The Morgan fingerprint density at radius 2 is 1.75 bits per heavy atom. The summed E-state index contributed by atoms with van der Waals surface area (Å²) in [5.74, 6) is 1.02. The van der Waals surface area contributed by atoms with E-state index in [9.17, 15) is 4.79 Å². The molecule has 0 aliphatic heterocycles. The fourth-order valence-electron chi connectivity index (χ4n) is 2.37. The van der Waals surface area contributed by atoms with E-state index < -0.39 is 0 Å². The summed E-state index contributed by atoms with van der Waals surface area (Å²) in [5.41, 5.74) is 2.29. The summed E-state index contributed by atoms with van der Waals surface area (Å²) >= 11 is 3.56. The van der Waals surface area contributed by atoms with Crippen molar-refractivity contribution < 1.29 is 14.3 Å². The number of rotatable bonds is 4. The number of ether oxygens (including phenoxy) is 2. The summed E-state index contributed by atoms with van der Waals surface area (Å²) in [5, 5.41) is 2.87. The highest BCUT2D eigenvalue weighted by Gasteiger charge is 2.19. The summed E-state index contributed by atoms with van der Waals surface area (Å²) in [6.07, 6.45) is 0. The third-order valence-corrected chi connectivity index (χ3v) is 4.35. The lowest BCUT2D eigenvalue weighted by molar-refractivity contribution is 0.102. The molecule has 24 heavy (non-hydrogen) atoms. The zero-order chi connectivity index (χ0) is 17.9. The molecule has 1 N–H and O–H groups in total. The average molecular weight is 392 g/mol. The van der Waals surface area contributed by atoms with E-state index in [1.165, 1.54) is 0 Å². The molecule has 0 spiro atoms. The van der Waals surface area contributed by atoms with Gasteiger partial charge < -0.3 is 14.8 Å². The maximum Gasteiger partial charge on any atom is 0.255 e. The number of halogens is 1. The molecule has 1 amide bonds. The first-order valence-electron chi connectivity index (χ1n) is 7.59. The maximum atomic E-state index is 12.6. The van der Waals surface area contributed by atoms with E-state index in [-0.39, 0.29) is 11.3 Å². The van der Waals surface area contributed by atoms with Crippen LogP contribution in [0.25, 0.3) is 0 Å². The van der Waals surface area contributed by atoms with Gasteiger partial charge in [0.1, 0.15) is 11.5 Å². The van der Waals surface area contributed by atoms with Crippen molar-refractivity contribution in [3.63, 3.8) is 0 Å². The number of carbonyl (C=O) groups excluding carboxylic acids is 1. The van der Waals surface area contributed by atoms with E-state index in [1.807, 2.05) is 18.2 Å². The molecule has 2 rings (SSSR count). The van der Waals surface area contributed by atoms with Crippen LogP contribution in [-0.2, 0) is 5.41 Å². The fourth-order valence-corrected chi connectivity index (χ4v) is 3.34. The predicted molar refractivity (Wildman–Crippen MR) is 100 cm³/mol.